The molecule has 5 heteroatoms. The Labute approximate surface area is 62.1 Å². The van der Waals surface area contributed by atoms with E-state index in [9.17, 15) is 4.79 Å². The topological polar surface area (TPSA) is 74.7 Å². The van der Waals surface area contributed by atoms with Crippen molar-refractivity contribution in [1.29, 1.82) is 0 Å². The molecule has 0 aliphatic heterocycles. The van der Waals surface area contributed by atoms with Gasteiger partial charge in [0.1, 0.15) is 0 Å². The molecular formula is C5H7N3OS. The summed E-state index contributed by atoms with van der Waals surface area (Å²) in [7, 11) is 0. The quantitative estimate of drug-likeness (QED) is 0.498. The van der Waals surface area contributed by atoms with Gasteiger partial charge in [-0.3, -0.25) is 9.78 Å². The van der Waals surface area contributed by atoms with Crippen molar-refractivity contribution < 1.29 is 0 Å². The van der Waals surface area contributed by atoms with Crippen LogP contribution in [0, 0.1) is 4.77 Å². The minimum atomic E-state index is -0.216. The Morgan fingerprint density at radius 2 is 2.40 bits per heavy atom. The summed E-state index contributed by atoms with van der Waals surface area (Å²) in [5, 5.41) is 0. The van der Waals surface area contributed by atoms with Crippen LogP contribution in [0.5, 0.6) is 0 Å². The predicted octanol–water partition coefficient (Wildman–Crippen LogP) is -0.109. The lowest BCUT2D eigenvalue weighted by molar-refractivity contribution is 0.963. The van der Waals surface area contributed by atoms with Gasteiger partial charge in [-0.2, -0.15) is 0 Å². The summed E-state index contributed by atoms with van der Waals surface area (Å²) in [5.41, 5.74) is 5.52. The first kappa shape index (κ1) is 7.17. The third-order valence-electron chi connectivity index (χ3n) is 1.12. The molecule has 54 valence electrons. The van der Waals surface area contributed by atoms with Crippen LogP contribution in [0.25, 0.3) is 0 Å². The van der Waals surface area contributed by atoms with Gasteiger partial charge in [0.05, 0.1) is 0 Å². The molecule has 1 rings (SSSR count). The Balaban J connectivity index is 3.34. The molecule has 10 heavy (non-hydrogen) atoms. The van der Waals surface area contributed by atoms with Gasteiger partial charge in [-0.05, 0) is 12.2 Å². The zero-order chi connectivity index (χ0) is 7.56. The van der Waals surface area contributed by atoms with Gasteiger partial charge in [0.2, 0.25) is 0 Å². The average Bonchev–Trinajstić information content (AvgIpc) is 1.88. The van der Waals surface area contributed by atoms with Crippen LogP contribution in [0.1, 0.15) is 5.56 Å². The molecule has 1 heterocycles. The molecule has 0 atom stereocenters. The van der Waals surface area contributed by atoms with Gasteiger partial charge in [-0.15, -0.1) is 0 Å². The maximum absolute atomic E-state index is 10.8. The second-order valence-corrected chi connectivity index (χ2v) is 2.21. The standard InChI is InChI=1S/C5H7N3OS/c6-1-3-2-7-5(10)8-4(3)9/h2H,1,6H2,(H2,7,8,9,10). The minimum absolute atomic E-state index is 0.216. The molecule has 0 aromatic carbocycles. The molecule has 4 N–H and O–H groups in total. The number of nitrogens with one attached hydrogen (secondary N) is 2. The number of aromatic nitrogens is 2. The molecule has 0 spiro atoms. The highest BCUT2D eigenvalue weighted by atomic mass is 32.1. The number of H-pyrrole nitrogens is 2. The lowest BCUT2D eigenvalue weighted by Crippen LogP contribution is -2.16. The van der Waals surface area contributed by atoms with Gasteiger partial charge >= 0.3 is 0 Å². The van der Waals surface area contributed by atoms with Gasteiger partial charge in [-0.25, -0.2) is 0 Å². The number of rotatable bonds is 1. The second kappa shape index (κ2) is 2.76. The fourth-order valence-corrected chi connectivity index (χ4v) is 0.741. The molecule has 0 radical (unpaired) electrons. The van der Waals surface area contributed by atoms with E-state index in [1.54, 1.807) is 0 Å². The van der Waals surface area contributed by atoms with E-state index in [2.05, 4.69) is 22.2 Å². The molecule has 0 bridgehead atoms. The molecule has 0 aliphatic rings. The molecule has 1 aromatic rings. The molecule has 0 saturated carbocycles. The van der Waals surface area contributed by atoms with Crippen molar-refractivity contribution >= 4 is 12.2 Å². The molecule has 1 aromatic heterocycles. The monoisotopic (exact) mass is 157 g/mol. The van der Waals surface area contributed by atoms with Crippen LogP contribution in [0.2, 0.25) is 0 Å². The second-order valence-electron chi connectivity index (χ2n) is 1.80. The molecule has 4 nitrogen and oxygen atoms in total. The van der Waals surface area contributed by atoms with E-state index in [0.717, 1.165) is 0 Å². The first-order chi connectivity index (χ1) is 4.74. The van der Waals surface area contributed by atoms with Crippen LogP contribution >= 0.6 is 12.2 Å². The highest BCUT2D eigenvalue weighted by molar-refractivity contribution is 7.71. The van der Waals surface area contributed by atoms with Gasteiger partial charge in [0.25, 0.3) is 5.56 Å². The number of nitrogens with two attached hydrogens (primary N) is 1. The number of hydrogen-bond acceptors (Lipinski definition) is 3. The fraction of sp³-hybridized carbons (Fsp3) is 0.200. The van der Waals surface area contributed by atoms with Crippen molar-refractivity contribution in [2.75, 3.05) is 0 Å². The van der Waals surface area contributed by atoms with E-state index >= 15 is 0 Å². The van der Waals surface area contributed by atoms with Crippen molar-refractivity contribution in [3.63, 3.8) is 0 Å². The lowest BCUT2D eigenvalue weighted by Gasteiger charge is -1.91. The van der Waals surface area contributed by atoms with Crippen LogP contribution in [0.15, 0.2) is 11.0 Å². The van der Waals surface area contributed by atoms with Crippen LogP contribution < -0.4 is 11.3 Å². The van der Waals surface area contributed by atoms with E-state index in [-0.39, 0.29) is 12.1 Å². The maximum Gasteiger partial charge on any atom is 0.256 e. The Kier molecular flexibility index (Phi) is 1.98. The first-order valence-electron chi connectivity index (χ1n) is 2.75. The third-order valence-corrected chi connectivity index (χ3v) is 1.34. The van der Waals surface area contributed by atoms with Gasteiger partial charge < -0.3 is 10.7 Å². The Hall–Kier alpha value is -0.940. The lowest BCUT2D eigenvalue weighted by atomic mass is 10.3. The van der Waals surface area contributed by atoms with Gasteiger partial charge in [0.15, 0.2) is 4.77 Å². The van der Waals surface area contributed by atoms with Crippen LogP contribution in [0.3, 0.4) is 0 Å². The van der Waals surface area contributed by atoms with Crippen LogP contribution in [0.4, 0.5) is 0 Å². The highest BCUT2D eigenvalue weighted by Gasteiger charge is 1.92. The Morgan fingerprint density at radius 3 is 2.90 bits per heavy atom. The van der Waals surface area contributed by atoms with E-state index in [1.807, 2.05) is 0 Å². The summed E-state index contributed by atoms with van der Waals surface area (Å²) in [5.74, 6) is 0. The summed E-state index contributed by atoms with van der Waals surface area (Å²) in [6, 6.07) is 0. The smallest absolute Gasteiger partial charge is 0.256 e. The predicted molar refractivity (Wildman–Crippen MR) is 40.1 cm³/mol. The van der Waals surface area contributed by atoms with Crippen LogP contribution in [-0.4, -0.2) is 9.97 Å². The Bertz CT molecular complexity index is 326. The summed E-state index contributed by atoms with van der Waals surface area (Å²) in [6.07, 6.45) is 1.52. The zero-order valence-corrected chi connectivity index (χ0v) is 5.99. The van der Waals surface area contributed by atoms with E-state index in [4.69, 9.17) is 5.73 Å². The minimum Gasteiger partial charge on any atom is -0.338 e. The SMILES string of the molecule is NCc1c[nH]c(=S)[nH]c1=O. The largest absolute Gasteiger partial charge is 0.338 e. The summed E-state index contributed by atoms with van der Waals surface area (Å²) in [6.45, 7) is 0.224. The fourth-order valence-electron chi connectivity index (χ4n) is 0.589. The molecule has 0 amide bonds. The van der Waals surface area contributed by atoms with Crippen molar-refractivity contribution in [3.8, 4) is 0 Å². The summed E-state index contributed by atoms with van der Waals surface area (Å²) in [4.78, 5) is 15.9. The zero-order valence-electron chi connectivity index (χ0n) is 5.18. The van der Waals surface area contributed by atoms with E-state index < -0.39 is 0 Å². The highest BCUT2D eigenvalue weighted by Crippen LogP contribution is 1.82. The van der Waals surface area contributed by atoms with Crippen molar-refractivity contribution in [1.82, 2.24) is 9.97 Å². The normalized spacial score (nSPS) is 9.70. The molecule has 0 unspecified atom stereocenters. The third kappa shape index (κ3) is 1.31. The number of hydrogen-bond donors (Lipinski definition) is 3. The molecule has 0 aliphatic carbocycles. The van der Waals surface area contributed by atoms with Crippen molar-refractivity contribution in [3.05, 3.63) is 26.9 Å². The van der Waals surface area contributed by atoms with Crippen molar-refractivity contribution in [2.24, 2.45) is 5.73 Å². The summed E-state index contributed by atoms with van der Waals surface area (Å²) >= 11 is 4.66. The molecular weight excluding hydrogens is 150 g/mol. The average molecular weight is 157 g/mol. The first-order valence-corrected chi connectivity index (χ1v) is 3.16. The summed E-state index contributed by atoms with van der Waals surface area (Å²) < 4.78 is 0.321. The molecule has 0 fully saturated rings. The van der Waals surface area contributed by atoms with Crippen molar-refractivity contribution in [2.45, 2.75) is 6.54 Å². The van der Waals surface area contributed by atoms with Gasteiger partial charge in [0, 0.05) is 18.3 Å². The molecule has 0 saturated heterocycles. The maximum atomic E-state index is 10.8. The van der Waals surface area contributed by atoms with E-state index in [1.165, 1.54) is 6.20 Å². The van der Waals surface area contributed by atoms with E-state index in [0.29, 0.717) is 10.3 Å². The van der Waals surface area contributed by atoms with Crippen LogP contribution in [-0.2, 0) is 6.54 Å². The van der Waals surface area contributed by atoms with Gasteiger partial charge in [-0.1, -0.05) is 0 Å². The Morgan fingerprint density at radius 1 is 1.70 bits per heavy atom. The number of aromatic amines is 2.